The van der Waals surface area contributed by atoms with Crippen molar-refractivity contribution >= 4 is 23.3 Å². The predicted octanol–water partition coefficient (Wildman–Crippen LogP) is 2.81. The van der Waals surface area contributed by atoms with E-state index in [1.54, 1.807) is 4.90 Å². The van der Waals surface area contributed by atoms with Crippen LogP contribution in [0.1, 0.15) is 57.8 Å². The molecule has 37 heavy (non-hydrogen) atoms. The number of ether oxygens (including phenoxy) is 1. The van der Waals surface area contributed by atoms with Crippen LogP contribution in [0, 0.1) is 17.8 Å². The van der Waals surface area contributed by atoms with E-state index < -0.39 is 12.1 Å². The maximum Gasteiger partial charge on any atom is 0.251 e. The number of carbonyl (C=O) groups is 3. The molecule has 3 aliphatic rings. The average molecular weight is 513 g/mol. The molecule has 0 aliphatic carbocycles. The van der Waals surface area contributed by atoms with Crippen LogP contribution in [0.4, 0.5) is 5.69 Å². The van der Waals surface area contributed by atoms with E-state index in [9.17, 15) is 14.4 Å². The second-order valence-corrected chi connectivity index (χ2v) is 11.3. The molecule has 3 fully saturated rings. The lowest BCUT2D eigenvalue weighted by Crippen LogP contribution is -2.54. The molecule has 1 aromatic rings. The molecule has 0 bridgehead atoms. The summed E-state index contributed by atoms with van der Waals surface area (Å²) in [6.07, 6.45) is 1.66. The highest BCUT2D eigenvalue weighted by molar-refractivity contribution is 5.99. The van der Waals surface area contributed by atoms with Crippen LogP contribution in [0.3, 0.4) is 0 Å². The summed E-state index contributed by atoms with van der Waals surface area (Å²) in [5.41, 5.74) is 1.65. The normalized spacial score (nSPS) is 25.9. The standard InChI is InChI=1S/C29H44N4O4/c1-6-12-31-13-15-32(16-14-31)22-10-8-21(9-11-22)28(35)30-25(20(5)7-2)29(36)33-17-23(19(3)4)27-26(33)24(34)18-37-27/h8-11,19-20,23,25-27H,6-7,12-18H2,1-5H3,(H,30,35)/t20-,23+,25-,26+,27+/m0/s1. The summed E-state index contributed by atoms with van der Waals surface area (Å²) in [6, 6.07) is 6.45. The topological polar surface area (TPSA) is 82.2 Å². The molecule has 3 saturated heterocycles. The van der Waals surface area contributed by atoms with Gasteiger partial charge in [0.2, 0.25) is 5.91 Å². The van der Waals surface area contributed by atoms with Crippen molar-refractivity contribution in [3.8, 4) is 0 Å². The Labute approximate surface area is 221 Å². The first-order valence-corrected chi connectivity index (χ1v) is 14.1. The minimum Gasteiger partial charge on any atom is -0.369 e. The van der Waals surface area contributed by atoms with Crippen molar-refractivity contribution in [2.75, 3.05) is 50.8 Å². The molecule has 1 N–H and O–H groups in total. The molecule has 0 spiro atoms. The summed E-state index contributed by atoms with van der Waals surface area (Å²) < 4.78 is 5.80. The monoisotopic (exact) mass is 512 g/mol. The molecule has 1 aromatic carbocycles. The maximum absolute atomic E-state index is 13.8. The molecule has 0 aromatic heterocycles. The van der Waals surface area contributed by atoms with Gasteiger partial charge in [-0.05, 0) is 49.1 Å². The number of anilines is 1. The van der Waals surface area contributed by atoms with Crippen LogP contribution in [0.5, 0.6) is 0 Å². The van der Waals surface area contributed by atoms with Gasteiger partial charge in [0.1, 0.15) is 18.7 Å². The minimum atomic E-state index is -0.691. The van der Waals surface area contributed by atoms with Crippen molar-refractivity contribution in [3.63, 3.8) is 0 Å². The first-order valence-electron chi connectivity index (χ1n) is 14.1. The lowest BCUT2D eigenvalue weighted by molar-refractivity contribution is -0.139. The van der Waals surface area contributed by atoms with Gasteiger partial charge in [0, 0.05) is 49.9 Å². The van der Waals surface area contributed by atoms with Gasteiger partial charge in [0.25, 0.3) is 5.91 Å². The molecule has 4 rings (SSSR count). The van der Waals surface area contributed by atoms with Gasteiger partial charge in [0.05, 0.1) is 6.10 Å². The van der Waals surface area contributed by atoms with Crippen LogP contribution < -0.4 is 10.2 Å². The highest BCUT2D eigenvalue weighted by atomic mass is 16.5. The molecule has 3 aliphatic heterocycles. The van der Waals surface area contributed by atoms with E-state index >= 15 is 0 Å². The van der Waals surface area contributed by atoms with Crippen molar-refractivity contribution in [1.82, 2.24) is 15.1 Å². The zero-order valence-electron chi connectivity index (χ0n) is 23.1. The summed E-state index contributed by atoms with van der Waals surface area (Å²) >= 11 is 0. The Bertz CT molecular complexity index is 957. The fraction of sp³-hybridized carbons (Fsp3) is 0.690. The molecule has 0 unspecified atom stereocenters. The van der Waals surface area contributed by atoms with Crippen molar-refractivity contribution < 1.29 is 19.1 Å². The molecular formula is C29H44N4O4. The Morgan fingerprint density at radius 2 is 1.73 bits per heavy atom. The summed E-state index contributed by atoms with van der Waals surface area (Å²) in [5, 5.41) is 3.02. The number of benzene rings is 1. The SMILES string of the molecule is CCCN1CCN(c2ccc(C(=O)N[C@H](C(=O)N3C[C@H](C(C)C)[C@H]4OCC(=O)[C@H]43)[C@@H](C)CC)cc2)CC1. The number of likely N-dealkylation sites (tertiary alicyclic amines) is 1. The van der Waals surface area contributed by atoms with Crippen molar-refractivity contribution in [2.45, 2.75) is 65.6 Å². The van der Waals surface area contributed by atoms with Crippen LogP contribution in [0.2, 0.25) is 0 Å². The number of nitrogens with zero attached hydrogens (tertiary/aromatic N) is 3. The van der Waals surface area contributed by atoms with E-state index in [-0.39, 0.29) is 42.1 Å². The number of amides is 2. The van der Waals surface area contributed by atoms with Gasteiger partial charge in [-0.2, -0.15) is 0 Å². The van der Waals surface area contributed by atoms with Gasteiger partial charge in [0.15, 0.2) is 5.78 Å². The third kappa shape index (κ3) is 5.85. The highest BCUT2D eigenvalue weighted by Crippen LogP contribution is 2.36. The molecular weight excluding hydrogens is 468 g/mol. The Balaban J connectivity index is 1.44. The van der Waals surface area contributed by atoms with E-state index in [0.717, 1.165) is 44.8 Å². The summed E-state index contributed by atoms with van der Waals surface area (Å²) in [4.78, 5) is 46.2. The van der Waals surface area contributed by atoms with Crippen LogP contribution in [-0.4, -0.2) is 91.5 Å². The molecule has 8 heteroatoms. The predicted molar refractivity (Wildman–Crippen MR) is 145 cm³/mol. The summed E-state index contributed by atoms with van der Waals surface area (Å²) in [6.45, 7) is 16.2. The van der Waals surface area contributed by atoms with E-state index in [0.29, 0.717) is 18.0 Å². The molecule has 8 nitrogen and oxygen atoms in total. The maximum atomic E-state index is 13.8. The minimum absolute atomic E-state index is 0.0400. The zero-order valence-corrected chi connectivity index (χ0v) is 23.1. The number of Topliss-reactive ketones (excluding diaryl/α,β-unsaturated/α-hetero) is 1. The second-order valence-electron chi connectivity index (χ2n) is 11.3. The lowest BCUT2D eigenvalue weighted by Gasteiger charge is -2.36. The van der Waals surface area contributed by atoms with Crippen LogP contribution in [0.25, 0.3) is 0 Å². The summed E-state index contributed by atoms with van der Waals surface area (Å²) in [7, 11) is 0. The van der Waals surface area contributed by atoms with Crippen molar-refractivity contribution in [3.05, 3.63) is 29.8 Å². The number of nitrogens with one attached hydrogen (secondary N) is 1. The van der Waals surface area contributed by atoms with E-state index in [4.69, 9.17) is 4.74 Å². The van der Waals surface area contributed by atoms with Gasteiger partial charge >= 0.3 is 0 Å². The smallest absolute Gasteiger partial charge is 0.251 e. The number of hydrogen-bond acceptors (Lipinski definition) is 6. The van der Waals surface area contributed by atoms with E-state index in [1.807, 2.05) is 38.1 Å². The van der Waals surface area contributed by atoms with E-state index in [2.05, 4.69) is 35.9 Å². The Morgan fingerprint density at radius 3 is 2.32 bits per heavy atom. The molecule has 5 atom stereocenters. The van der Waals surface area contributed by atoms with Gasteiger partial charge in [-0.15, -0.1) is 0 Å². The molecule has 0 radical (unpaired) electrons. The van der Waals surface area contributed by atoms with E-state index in [1.165, 1.54) is 6.42 Å². The number of fused-ring (bicyclic) bond motifs is 1. The Morgan fingerprint density at radius 1 is 1.05 bits per heavy atom. The first-order chi connectivity index (χ1) is 17.7. The highest BCUT2D eigenvalue weighted by Gasteiger charge is 2.54. The van der Waals surface area contributed by atoms with Gasteiger partial charge in [-0.1, -0.05) is 41.0 Å². The molecule has 0 saturated carbocycles. The third-order valence-corrected chi connectivity index (χ3v) is 8.54. The first kappa shape index (κ1) is 27.6. The van der Waals surface area contributed by atoms with Crippen molar-refractivity contribution in [1.29, 1.82) is 0 Å². The second kappa shape index (κ2) is 11.9. The molecule has 2 amide bonds. The van der Waals surface area contributed by atoms with Crippen LogP contribution >= 0.6 is 0 Å². The molecule has 204 valence electrons. The van der Waals surface area contributed by atoms with Crippen molar-refractivity contribution in [2.24, 2.45) is 17.8 Å². The third-order valence-electron chi connectivity index (χ3n) is 8.54. The van der Waals surface area contributed by atoms with Crippen LogP contribution in [0.15, 0.2) is 24.3 Å². The molecule has 3 heterocycles. The summed E-state index contributed by atoms with van der Waals surface area (Å²) in [5.74, 6) is -0.138. The van der Waals surface area contributed by atoms with Gasteiger partial charge in [-0.3, -0.25) is 19.3 Å². The number of piperazine rings is 1. The number of rotatable bonds is 9. The Hall–Kier alpha value is -2.45. The lowest BCUT2D eigenvalue weighted by atomic mass is 9.91. The largest absolute Gasteiger partial charge is 0.369 e. The van der Waals surface area contributed by atoms with Gasteiger partial charge < -0.3 is 19.9 Å². The zero-order chi connectivity index (χ0) is 26.7. The van der Waals surface area contributed by atoms with Crippen LogP contribution in [-0.2, 0) is 14.3 Å². The van der Waals surface area contributed by atoms with Gasteiger partial charge in [-0.25, -0.2) is 0 Å². The Kier molecular flexibility index (Phi) is 8.90. The fourth-order valence-electron chi connectivity index (χ4n) is 5.96. The number of carbonyl (C=O) groups excluding carboxylic acids is 3. The number of ketones is 1. The average Bonchev–Trinajstić information content (AvgIpc) is 3.48. The quantitative estimate of drug-likeness (QED) is 0.548. The fourth-order valence-corrected chi connectivity index (χ4v) is 5.96. The number of hydrogen-bond donors (Lipinski definition) is 1.